The van der Waals surface area contributed by atoms with Crippen molar-refractivity contribution in [3.63, 3.8) is 0 Å². The first-order valence-electron chi connectivity index (χ1n) is 9.63. The molecule has 0 unspecified atom stereocenters. The summed E-state index contributed by atoms with van der Waals surface area (Å²) in [5.41, 5.74) is 6.92. The highest BCUT2D eigenvalue weighted by Crippen LogP contribution is 2.45. The zero-order valence-corrected chi connectivity index (χ0v) is 16.8. The number of alkyl carbamates (subject to hydrolysis) is 1. The normalized spacial score (nSPS) is 13.8. The van der Waals surface area contributed by atoms with Crippen LogP contribution in [-0.4, -0.2) is 29.8 Å². The lowest BCUT2D eigenvalue weighted by atomic mass is 9.96. The molecule has 2 aromatic rings. The maximum Gasteiger partial charge on any atom is 0.407 e. The van der Waals surface area contributed by atoms with E-state index in [2.05, 4.69) is 41.7 Å². The number of ether oxygens (including phenoxy) is 1. The summed E-state index contributed by atoms with van der Waals surface area (Å²) in [4.78, 5) is 23.6. The molecule has 1 atom stereocenters. The third-order valence-electron chi connectivity index (χ3n) is 5.13. The second kappa shape index (κ2) is 8.05. The summed E-state index contributed by atoms with van der Waals surface area (Å²) in [5, 5.41) is 11.8. The first-order valence-corrected chi connectivity index (χ1v) is 9.63. The van der Waals surface area contributed by atoms with Crippen molar-refractivity contribution in [3.8, 4) is 11.1 Å². The molecule has 2 N–H and O–H groups in total. The Morgan fingerprint density at radius 1 is 1.04 bits per heavy atom. The summed E-state index contributed by atoms with van der Waals surface area (Å²) >= 11 is 0. The minimum Gasteiger partial charge on any atom is -0.480 e. The molecule has 148 valence electrons. The second-order valence-electron chi connectivity index (χ2n) is 8.00. The molecule has 1 aliphatic rings. The van der Waals surface area contributed by atoms with Crippen LogP contribution >= 0.6 is 0 Å². The fourth-order valence-corrected chi connectivity index (χ4v) is 3.81. The van der Waals surface area contributed by atoms with Crippen molar-refractivity contribution in [1.82, 2.24) is 5.32 Å². The summed E-state index contributed by atoms with van der Waals surface area (Å²) in [6.07, 6.45) is -0.332. The smallest absolute Gasteiger partial charge is 0.407 e. The fourth-order valence-electron chi connectivity index (χ4n) is 3.81. The van der Waals surface area contributed by atoms with E-state index in [1.165, 1.54) is 0 Å². The summed E-state index contributed by atoms with van der Waals surface area (Å²) in [5.74, 6) is -0.946. The lowest BCUT2D eigenvalue weighted by Gasteiger charge is -2.18. The zero-order valence-electron chi connectivity index (χ0n) is 16.8. The number of aliphatic carboxylic acids is 1. The van der Waals surface area contributed by atoms with E-state index in [-0.39, 0.29) is 18.4 Å². The van der Waals surface area contributed by atoms with Crippen molar-refractivity contribution in [2.24, 2.45) is 5.92 Å². The van der Waals surface area contributed by atoms with Crippen LogP contribution in [-0.2, 0) is 9.53 Å². The van der Waals surface area contributed by atoms with Gasteiger partial charge in [0.2, 0.25) is 0 Å². The van der Waals surface area contributed by atoms with Crippen LogP contribution in [0, 0.1) is 19.8 Å². The highest BCUT2D eigenvalue weighted by molar-refractivity contribution is 5.81. The molecule has 0 radical (unpaired) electrons. The van der Waals surface area contributed by atoms with E-state index < -0.39 is 18.1 Å². The third-order valence-corrected chi connectivity index (χ3v) is 5.13. The Bertz CT molecular complexity index is 852. The fraction of sp³-hybridized carbons (Fsp3) is 0.391. The van der Waals surface area contributed by atoms with Crippen molar-refractivity contribution in [2.45, 2.75) is 46.1 Å². The molecule has 0 saturated carbocycles. The van der Waals surface area contributed by atoms with Gasteiger partial charge in [-0.3, -0.25) is 0 Å². The van der Waals surface area contributed by atoms with Gasteiger partial charge in [-0.05, 0) is 48.4 Å². The van der Waals surface area contributed by atoms with Gasteiger partial charge in [-0.2, -0.15) is 0 Å². The number of aryl methyl sites for hydroxylation is 2. The predicted molar refractivity (Wildman–Crippen MR) is 109 cm³/mol. The summed E-state index contributed by atoms with van der Waals surface area (Å²) in [6.45, 7) is 8.10. The summed E-state index contributed by atoms with van der Waals surface area (Å²) in [7, 11) is 0. The van der Waals surface area contributed by atoms with Gasteiger partial charge in [0.15, 0.2) is 0 Å². The van der Waals surface area contributed by atoms with Gasteiger partial charge < -0.3 is 15.2 Å². The molecular weight excluding hydrogens is 354 g/mol. The molecule has 0 fully saturated rings. The van der Waals surface area contributed by atoms with Crippen LogP contribution in [0.5, 0.6) is 0 Å². The molecule has 1 aliphatic carbocycles. The van der Waals surface area contributed by atoms with Gasteiger partial charge in [-0.1, -0.05) is 61.4 Å². The number of benzene rings is 2. The zero-order chi connectivity index (χ0) is 20.4. The lowest BCUT2D eigenvalue weighted by Crippen LogP contribution is -2.42. The van der Waals surface area contributed by atoms with Gasteiger partial charge in [0.25, 0.3) is 0 Å². The average Bonchev–Trinajstić information content (AvgIpc) is 2.90. The number of carbonyl (C=O) groups excluding carboxylic acids is 1. The number of carbonyl (C=O) groups is 2. The molecule has 0 aromatic heterocycles. The Morgan fingerprint density at radius 3 is 2.04 bits per heavy atom. The van der Waals surface area contributed by atoms with Crippen molar-refractivity contribution in [3.05, 3.63) is 58.7 Å². The van der Waals surface area contributed by atoms with Crippen LogP contribution in [0.25, 0.3) is 11.1 Å². The third kappa shape index (κ3) is 4.19. The van der Waals surface area contributed by atoms with Gasteiger partial charge in [0.1, 0.15) is 12.6 Å². The SMILES string of the molecule is Cc1ccc2c(c1)C(COC(=O)N[C@H](CC(C)C)C(=O)O)c1cc(C)ccc1-2. The van der Waals surface area contributed by atoms with Crippen LogP contribution in [0.1, 0.15) is 48.4 Å². The number of carboxylic acids is 1. The van der Waals surface area contributed by atoms with Crippen LogP contribution in [0.3, 0.4) is 0 Å². The highest BCUT2D eigenvalue weighted by Gasteiger charge is 2.30. The van der Waals surface area contributed by atoms with E-state index in [1.54, 1.807) is 0 Å². The monoisotopic (exact) mass is 381 g/mol. The molecule has 0 bridgehead atoms. The van der Waals surface area contributed by atoms with Gasteiger partial charge in [-0.25, -0.2) is 9.59 Å². The van der Waals surface area contributed by atoms with Crippen molar-refractivity contribution in [2.75, 3.05) is 6.61 Å². The molecule has 0 aliphatic heterocycles. The van der Waals surface area contributed by atoms with E-state index in [1.807, 2.05) is 27.7 Å². The first-order chi connectivity index (χ1) is 13.3. The molecule has 0 saturated heterocycles. The van der Waals surface area contributed by atoms with Crippen LogP contribution in [0.4, 0.5) is 4.79 Å². The molecule has 0 heterocycles. The van der Waals surface area contributed by atoms with Crippen molar-refractivity contribution in [1.29, 1.82) is 0 Å². The average molecular weight is 381 g/mol. The molecule has 28 heavy (non-hydrogen) atoms. The number of fused-ring (bicyclic) bond motifs is 3. The van der Waals surface area contributed by atoms with Crippen molar-refractivity contribution >= 4 is 12.1 Å². The van der Waals surface area contributed by atoms with Crippen LogP contribution in [0.15, 0.2) is 36.4 Å². The van der Waals surface area contributed by atoms with E-state index in [4.69, 9.17) is 4.74 Å². The summed E-state index contributed by atoms with van der Waals surface area (Å²) in [6, 6.07) is 11.7. The van der Waals surface area contributed by atoms with E-state index in [0.29, 0.717) is 6.42 Å². The van der Waals surface area contributed by atoms with Gasteiger partial charge in [0.05, 0.1) is 0 Å². The number of nitrogens with one attached hydrogen (secondary N) is 1. The topological polar surface area (TPSA) is 75.6 Å². The molecular formula is C23H27NO4. The Labute approximate surface area is 165 Å². The largest absolute Gasteiger partial charge is 0.480 e. The van der Waals surface area contributed by atoms with Crippen LogP contribution in [0.2, 0.25) is 0 Å². The first kappa shape index (κ1) is 19.9. The number of carboxylic acid groups (broad SMARTS) is 1. The minimum absolute atomic E-state index is 0.0519. The van der Waals surface area contributed by atoms with Gasteiger partial charge in [-0.15, -0.1) is 0 Å². The highest BCUT2D eigenvalue weighted by atomic mass is 16.5. The number of amides is 1. The predicted octanol–water partition coefficient (Wildman–Crippen LogP) is 4.64. The number of hydrogen-bond donors (Lipinski definition) is 2. The maximum absolute atomic E-state index is 12.3. The second-order valence-corrected chi connectivity index (χ2v) is 8.00. The van der Waals surface area contributed by atoms with E-state index >= 15 is 0 Å². The van der Waals surface area contributed by atoms with E-state index in [9.17, 15) is 14.7 Å². The quantitative estimate of drug-likeness (QED) is 0.764. The van der Waals surface area contributed by atoms with Gasteiger partial charge >= 0.3 is 12.1 Å². The lowest BCUT2D eigenvalue weighted by molar-refractivity contribution is -0.139. The molecule has 2 aromatic carbocycles. The Balaban J connectivity index is 1.77. The maximum atomic E-state index is 12.3. The molecule has 5 nitrogen and oxygen atoms in total. The van der Waals surface area contributed by atoms with Gasteiger partial charge in [0, 0.05) is 5.92 Å². The minimum atomic E-state index is -1.05. The Morgan fingerprint density at radius 2 is 1.57 bits per heavy atom. The Hall–Kier alpha value is -2.82. The van der Waals surface area contributed by atoms with E-state index in [0.717, 1.165) is 33.4 Å². The molecule has 0 spiro atoms. The summed E-state index contributed by atoms with van der Waals surface area (Å²) < 4.78 is 5.47. The molecule has 3 rings (SSSR count). The number of hydrogen-bond acceptors (Lipinski definition) is 3. The standard InChI is InChI=1S/C23H27NO4/c1-13(2)9-21(22(25)26)24-23(27)28-12-20-18-10-14(3)5-7-16(18)17-8-6-15(4)11-19(17)20/h5-8,10-11,13,20-21H,9,12H2,1-4H3,(H,24,27)(H,25,26)/t21-/m1/s1. The Kier molecular flexibility index (Phi) is 5.73. The molecule has 1 amide bonds. The number of rotatable bonds is 6. The molecule has 5 heteroatoms. The van der Waals surface area contributed by atoms with Crippen LogP contribution < -0.4 is 5.32 Å². The van der Waals surface area contributed by atoms with Crippen molar-refractivity contribution < 1.29 is 19.4 Å².